The summed E-state index contributed by atoms with van der Waals surface area (Å²) in [6.45, 7) is 5.29. The summed E-state index contributed by atoms with van der Waals surface area (Å²) in [7, 11) is 0. The zero-order chi connectivity index (χ0) is 23.9. The molecule has 188 valence electrons. The molecule has 0 unspecified atom stereocenters. The largest absolute Gasteiger partial charge is 0.393 e. The van der Waals surface area contributed by atoms with Crippen molar-refractivity contribution < 1.29 is 19.5 Å². The number of hydrogen-bond donors (Lipinski definition) is 3. The highest BCUT2D eigenvalue weighted by molar-refractivity contribution is 5.96. The monoisotopic (exact) mass is 471 g/mol. The topological polar surface area (TPSA) is 100 Å². The van der Waals surface area contributed by atoms with Gasteiger partial charge in [-0.2, -0.15) is 0 Å². The summed E-state index contributed by atoms with van der Waals surface area (Å²) in [5.74, 6) is 1.66. The summed E-state index contributed by atoms with van der Waals surface area (Å²) < 4.78 is 0. The van der Waals surface area contributed by atoms with Crippen molar-refractivity contribution in [3.63, 3.8) is 0 Å². The first-order valence-corrected chi connectivity index (χ1v) is 13.5. The normalized spacial score (nSPS) is 43.0. The third kappa shape index (κ3) is 4.18. The van der Waals surface area contributed by atoms with Crippen molar-refractivity contribution in [3.8, 4) is 0 Å². The number of oxime groups is 1. The zero-order valence-corrected chi connectivity index (χ0v) is 20.8. The molecule has 4 fully saturated rings. The Balaban J connectivity index is 1.19. The minimum atomic E-state index is -0.475. The first-order valence-electron chi connectivity index (χ1n) is 13.5. The highest BCUT2D eigenvalue weighted by atomic mass is 16.6. The molecule has 0 radical (unpaired) electrons. The fourth-order valence-corrected chi connectivity index (χ4v) is 8.10. The predicted molar refractivity (Wildman–Crippen MR) is 130 cm³/mol. The van der Waals surface area contributed by atoms with Crippen molar-refractivity contribution in [3.05, 3.63) is 11.6 Å². The Bertz CT molecular complexity index is 885. The van der Waals surface area contributed by atoms with Gasteiger partial charge in [-0.15, -0.1) is 0 Å². The minimum Gasteiger partial charge on any atom is -0.393 e. The summed E-state index contributed by atoms with van der Waals surface area (Å²) >= 11 is 0. The summed E-state index contributed by atoms with van der Waals surface area (Å²) in [6.07, 6.45) is 13.4. The summed E-state index contributed by atoms with van der Waals surface area (Å²) in [4.78, 5) is 29.7. The van der Waals surface area contributed by atoms with Gasteiger partial charge >= 0.3 is 0 Å². The zero-order valence-electron chi connectivity index (χ0n) is 20.8. The Labute approximate surface area is 203 Å². The van der Waals surface area contributed by atoms with E-state index < -0.39 is 6.04 Å². The molecule has 1 saturated heterocycles. The lowest BCUT2D eigenvalue weighted by Gasteiger charge is -2.57. The van der Waals surface area contributed by atoms with Crippen molar-refractivity contribution >= 4 is 17.5 Å². The van der Waals surface area contributed by atoms with E-state index in [0.29, 0.717) is 24.8 Å². The van der Waals surface area contributed by atoms with E-state index in [1.165, 1.54) is 24.8 Å². The molecule has 3 N–H and O–H groups in total. The summed E-state index contributed by atoms with van der Waals surface area (Å²) in [5, 5.41) is 20.6. The van der Waals surface area contributed by atoms with Crippen LogP contribution in [0.15, 0.2) is 16.8 Å². The van der Waals surface area contributed by atoms with Crippen molar-refractivity contribution in [1.29, 1.82) is 0 Å². The Morgan fingerprint density at radius 1 is 1.15 bits per heavy atom. The van der Waals surface area contributed by atoms with Crippen LogP contribution in [0.25, 0.3) is 0 Å². The molecule has 3 saturated carbocycles. The van der Waals surface area contributed by atoms with Gasteiger partial charge in [0.05, 0.1) is 11.8 Å². The molecule has 7 nitrogen and oxygen atoms in total. The van der Waals surface area contributed by atoms with Crippen LogP contribution in [-0.2, 0) is 14.4 Å². The second kappa shape index (κ2) is 9.29. The smallest absolute Gasteiger partial charge is 0.261 e. The number of fused-ring (bicyclic) bond motifs is 5. The molecule has 1 aliphatic heterocycles. The molecule has 34 heavy (non-hydrogen) atoms. The summed E-state index contributed by atoms with van der Waals surface area (Å²) in [5.41, 5.74) is 2.74. The van der Waals surface area contributed by atoms with Crippen molar-refractivity contribution in [2.75, 3.05) is 13.2 Å². The highest BCUT2D eigenvalue weighted by Crippen LogP contribution is 2.65. The second-order valence-corrected chi connectivity index (χ2v) is 11.9. The Hall–Kier alpha value is -1.89. The number of aliphatic hydroxyl groups excluding tert-OH is 1. The SMILES string of the molecule is C[C@]12CC[C@H]3[C@H](CCC4=C/C(=N\OCC(=O)N[C@@H]5CCCCNC5=O)CC[C@@]43C)[C@@H]1CC[C@H]2O. The van der Waals surface area contributed by atoms with Gasteiger partial charge in [0, 0.05) is 6.54 Å². The molecule has 7 atom stereocenters. The number of amides is 2. The van der Waals surface area contributed by atoms with Gasteiger partial charge < -0.3 is 20.6 Å². The molecular weight excluding hydrogens is 430 g/mol. The van der Waals surface area contributed by atoms with Crippen LogP contribution in [0, 0.1) is 28.6 Å². The third-order valence-electron chi connectivity index (χ3n) is 10.2. The molecule has 0 aromatic carbocycles. The van der Waals surface area contributed by atoms with Crippen LogP contribution >= 0.6 is 0 Å². The van der Waals surface area contributed by atoms with E-state index >= 15 is 0 Å². The maximum absolute atomic E-state index is 12.3. The number of carbonyl (C=O) groups excluding carboxylic acids is 2. The van der Waals surface area contributed by atoms with Crippen LogP contribution in [0.1, 0.15) is 84.5 Å². The fourth-order valence-electron chi connectivity index (χ4n) is 8.10. The van der Waals surface area contributed by atoms with Crippen LogP contribution in [0.5, 0.6) is 0 Å². The molecule has 0 aromatic heterocycles. The van der Waals surface area contributed by atoms with Crippen LogP contribution in [0.2, 0.25) is 0 Å². The van der Waals surface area contributed by atoms with Crippen molar-refractivity contribution in [2.45, 2.75) is 96.6 Å². The predicted octanol–water partition coefficient (Wildman–Crippen LogP) is 3.47. The van der Waals surface area contributed by atoms with E-state index in [1.54, 1.807) is 0 Å². The van der Waals surface area contributed by atoms with Gasteiger partial charge in [0.25, 0.3) is 5.91 Å². The molecule has 4 aliphatic carbocycles. The molecule has 5 aliphatic rings. The molecule has 0 spiro atoms. The van der Waals surface area contributed by atoms with Gasteiger partial charge in [0.2, 0.25) is 5.91 Å². The molecule has 1 heterocycles. The number of allylic oxidation sites excluding steroid dienone is 2. The average molecular weight is 472 g/mol. The number of carbonyl (C=O) groups is 2. The van der Waals surface area contributed by atoms with E-state index in [1.807, 2.05) is 0 Å². The lowest BCUT2D eigenvalue weighted by Crippen LogP contribution is -2.51. The average Bonchev–Trinajstić information content (AvgIpc) is 2.97. The number of nitrogens with zero attached hydrogens (tertiary/aromatic N) is 1. The van der Waals surface area contributed by atoms with E-state index in [0.717, 1.165) is 56.6 Å². The molecule has 7 heteroatoms. The van der Waals surface area contributed by atoms with Crippen LogP contribution < -0.4 is 10.6 Å². The Kier molecular flexibility index (Phi) is 6.51. The Morgan fingerprint density at radius 2 is 2.00 bits per heavy atom. The van der Waals surface area contributed by atoms with E-state index in [4.69, 9.17) is 4.84 Å². The van der Waals surface area contributed by atoms with E-state index in [-0.39, 0.29) is 35.4 Å². The number of hydrogen-bond acceptors (Lipinski definition) is 5. The number of rotatable bonds is 4. The van der Waals surface area contributed by atoms with E-state index in [2.05, 4.69) is 35.7 Å². The molecular formula is C27H41N3O4. The lowest BCUT2D eigenvalue weighted by molar-refractivity contribution is -0.131. The summed E-state index contributed by atoms with van der Waals surface area (Å²) in [6, 6.07) is -0.475. The van der Waals surface area contributed by atoms with Crippen molar-refractivity contribution in [1.82, 2.24) is 10.6 Å². The number of aliphatic hydroxyl groups is 1. The van der Waals surface area contributed by atoms with E-state index in [9.17, 15) is 14.7 Å². The Morgan fingerprint density at radius 3 is 2.85 bits per heavy atom. The van der Waals surface area contributed by atoms with Crippen LogP contribution in [0.4, 0.5) is 0 Å². The quantitative estimate of drug-likeness (QED) is 0.547. The standard InChI is InChI=1S/C27H41N3O4/c1-26-12-10-18(30-34-16-24(32)29-22-5-3-4-14-28-25(22)33)15-17(26)6-7-19-20-8-9-23(31)27(20,2)13-11-21(19)26/h15,19-23,31H,3-14,16H2,1-2H3,(H,28,33)(H,29,32)/b30-18-/t19-,20+,21+,22-,23-,26+,27+/m1/s1. The van der Waals surface area contributed by atoms with Crippen molar-refractivity contribution in [2.24, 2.45) is 33.7 Å². The molecule has 0 aromatic rings. The van der Waals surface area contributed by atoms with Crippen LogP contribution in [0.3, 0.4) is 0 Å². The third-order valence-corrected chi connectivity index (χ3v) is 10.2. The lowest BCUT2D eigenvalue weighted by atomic mass is 9.47. The fraction of sp³-hybridized carbons (Fsp3) is 0.815. The van der Waals surface area contributed by atoms with Gasteiger partial charge in [0.1, 0.15) is 6.04 Å². The first-order chi connectivity index (χ1) is 16.3. The van der Waals surface area contributed by atoms with Gasteiger partial charge in [-0.05, 0) is 105 Å². The van der Waals surface area contributed by atoms with Gasteiger partial charge in [-0.3, -0.25) is 9.59 Å². The molecule has 0 bridgehead atoms. The van der Waals surface area contributed by atoms with Gasteiger partial charge in [-0.25, -0.2) is 0 Å². The number of nitrogens with one attached hydrogen (secondary N) is 2. The van der Waals surface area contributed by atoms with Gasteiger partial charge in [-0.1, -0.05) is 24.6 Å². The van der Waals surface area contributed by atoms with Crippen LogP contribution in [-0.4, -0.2) is 47.9 Å². The minimum absolute atomic E-state index is 0.112. The maximum Gasteiger partial charge on any atom is 0.261 e. The first kappa shape index (κ1) is 23.8. The maximum atomic E-state index is 12.3. The second-order valence-electron chi connectivity index (χ2n) is 11.9. The molecule has 2 amide bonds. The highest BCUT2D eigenvalue weighted by Gasteiger charge is 2.58. The van der Waals surface area contributed by atoms with Gasteiger partial charge in [0.15, 0.2) is 6.61 Å². The molecule has 5 rings (SSSR count).